The fourth-order valence-electron chi connectivity index (χ4n) is 3.96. The van der Waals surface area contributed by atoms with Crippen LogP contribution < -0.4 is 10.1 Å². The molecule has 0 unspecified atom stereocenters. The van der Waals surface area contributed by atoms with Crippen molar-refractivity contribution in [2.45, 2.75) is 37.2 Å². The van der Waals surface area contributed by atoms with Gasteiger partial charge >= 0.3 is 0 Å². The van der Waals surface area contributed by atoms with Gasteiger partial charge in [0.2, 0.25) is 15.9 Å². The van der Waals surface area contributed by atoms with Crippen molar-refractivity contribution in [3.63, 3.8) is 0 Å². The standard InChI is InChI=1S/C23H27N3O4S/c1-17(23(27)24-16-18-6-5-7-20(14-18)30-2)26-13-10-19-15-21(8-9-22(19)26)31(28,29)25-11-3-4-12-25/h5-10,13-15,17H,3-4,11-12,16H2,1-2H3,(H,24,27)/t17-/m1/s1. The first-order valence-corrected chi connectivity index (χ1v) is 11.9. The maximum absolute atomic E-state index is 12.8. The molecular formula is C23H27N3O4S. The second-order valence-corrected chi connectivity index (χ2v) is 9.74. The molecule has 2 aromatic carbocycles. The number of nitrogens with one attached hydrogen (secondary N) is 1. The molecule has 0 bridgehead atoms. The number of carbonyl (C=O) groups is 1. The Hall–Kier alpha value is -2.84. The summed E-state index contributed by atoms with van der Waals surface area (Å²) in [6.45, 7) is 3.38. The van der Waals surface area contributed by atoms with Crippen molar-refractivity contribution in [1.29, 1.82) is 0 Å². The Labute approximate surface area is 182 Å². The van der Waals surface area contributed by atoms with Crippen LogP contribution in [0.2, 0.25) is 0 Å². The van der Waals surface area contributed by atoms with Gasteiger partial charge in [-0.3, -0.25) is 4.79 Å². The van der Waals surface area contributed by atoms with Gasteiger partial charge in [-0.1, -0.05) is 12.1 Å². The Bertz CT molecular complexity index is 1200. The van der Waals surface area contributed by atoms with E-state index in [2.05, 4.69) is 5.32 Å². The summed E-state index contributed by atoms with van der Waals surface area (Å²) in [6.07, 6.45) is 3.63. The summed E-state index contributed by atoms with van der Waals surface area (Å²) in [6, 6.07) is 14.1. The van der Waals surface area contributed by atoms with E-state index in [1.165, 1.54) is 0 Å². The minimum absolute atomic E-state index is 0.117. The van der Waals surface area contributed by atoms with Crippen molar-refractivity contribution in [1.82, 2.24) is 14.2 Å². The number of hydrogen-bond acceptors (Lipinski definition) is 4. The van der Waals surface area contributed by atoms with Gasteiger partial charge in [-0.2, -0.15) is 4.31 Å². The number of ether oxygens (including phenoxy) is 1. The highest BCUT2D eigenvalue weighted by Crippen LogP contribution is 2.27. The van der Waals surface area contributed by atoms with Crippen molar-refractivity contribution in [3.05, 3.63) is 60.3 Å². The van der Waals surface area contributed by atoms with Crippen LogP contribution in [0.3, 0.4) is 0 Å². The topological polar surface area (TPSA) is 80.6 Å². The summed E-state index contributed by atoms with van der Waals surface area (Å²) in [5, 5.41) is 3.76. The van der Waals surface area contributed by atoms with Crippen LogP contribution in [-0.4, -0.2) is 43.4 Å². The monoisotopic (exact) mass is 441 g/mol. The predicted molar refractivity (Wildman–Crippen MR) is 119 cm³/mol. The van der Waals surface area contributed by atoms with Crippen molar-refractivity contribution in [2.75, 3.05) is 20.2 Å². The lowest BCUT2D eigenvalue weighted by Gasteiger charge is -2.17. The van der Waals surface area contributed by atoms with Crippen LogP contribution in [0.4, 0.5) is 0 Å². The Morgan fingerprint density at radius 1 is 1.13 bits per heavy atom. The largest absolute Gasteiger partial charge is 0.497 e. The second kappa shape index (κ2) is 8.72. The number of nitrogens with zero attached hydrogens (tertiary/aromatic N) is 2. The van der Waals surface area contributed by atoms with Crippen LogP contribution in [0.5, 0.6) is 5.75 Å². The van der Waals surface area contributed by atoms with Crippen LogP contribution >= 0.6 is 0 Å². The van der Waals surface area contributed by atoms with Gasteiger partial charge in [0.15, 0.2) is 0 Å². The zero-order chi connectivity index (χ0) is 22.0. The molecule has 3 aromatic rings. The van der Waals surface area contributed by atoms with E-state index in [-0.39, 0.29) is 5.91 Å². The quantitative estimate of drug-likeness (QED) is 0.610. The third kappa shape index (κ3) is 4.31. The molecule has 1 saturated heterocycles. The third-order valence-corrected chi connectivity index (χ3v) is 7.69. The van der Waals surface area contributed by atoms with E-state index in [1.807, 2.05) is 48.0 Å². The maximum atomic E-state index is 12.8. The van der Waals surface area contributed by atoms with Gasteiger partial charge in [0.1, 0.15) is 11.8 Å². The average Bonchev–Trinajstić information content (AvgIpc) is 3.47. The summed E-state index contributed by atoms with van der Waals surface area (Å²) in [7, 11) is -1.86. The highest BCUT2D eigenvalue weighted by molar-refractivity contribution is 7.89. The van der Waals surface area contributed by atoms with Crippen LogP contribution in [0.25, 0.3) is 10.9 Å². The Morgan fingerprint density at radius 2 is 1.90 bits per heavy atom. The molecule has 4 rings (SSSR count). The Balaban J connectivity index is 1.50. The zero-order valence-electron chi connectivity index (χ0n) is 17.7. The molecular weight excluding hydrogens is 414 g/mol. The Morgan fingerprint density at radius 3 is 2.65 bits per heavy atom. The lowest BCUT2D eigenvalue weighted by Crippen LogP contribution is -2.30. The fourth-order valence-corrected chi connectivity index (χ4v) is 5.52. The fraction of sp³-hybridized carbons (Fsp3) is 0.348. The lowest BCUT2D eigenvalue weighted by molar-refractivity contribution is -0.123. The van der Waals surface area contributed by atoms with E-state index < -0.39 is 16.1 Å². The van der Waals surface area contributed by atoms with Gasteiger partial charge in [-0.15, -0.1) is 0 Å². The molecule has 8 heteroatoms. The molecule has 0 aliphatic carbocycles. The number of fused-ring (bicyclic) bond motifs is 1. The molecule has 1 N–H and O–H groups in total. The van der Waals surface area contributed by atoms with Crippen molar-refractivity contribution >= 4 is 26.8 Å². The molecule has 0 saturated carbocycles. The molecule has 1 amide bonds. The number of sulfonamides is 1. The summed E-state index contributed by atoms with van der Waals surface area (Å²) < 4.78 is 34.3. The molecule has 0 spiro atoms. The number of hydrogen-bond donors (Lipinski definition) is 1. The first-order valence-electron chi connectivity index (χ1n) is 10.4. The van der Waals surface area contributed by atoms with Gasteiger partial charge in [0.25, 0.3) is 0 Å². The van der Waals surface area contributed by atoms with E-state index in [0.29, 0.717) is 24.5 Å². The zero-order valence-corrected chi connectivity index (χ0v) is 18.6. The average molecular weight is 442 g/mol. The van der Waals surface area contributed by atoms with Gasteiger partial charge in [-0.25, -0.2) is 8.42 Å². The van der Waals surface area contributed by atoms with Gasteiger partial charge in [0.05, 0.1) is 12.0 Å². The molecule has 1 aromatic heterocycles. The highest BCUT2D eigenvalue weighted by atomic mass is 32.2. The van der Waals surface area contributed by atoms with Crippen molar-refractivity contribution in [3.8, 4) is 5.75 Å². The van der Waals surface area contributed by atoms with E-state index in [1.54, 1.807) is 29.6 Å². The normalized spacial score (nSPS) is 15.8. The summed E-state index contributed by atoms with van der Waals surface area (Å²) in [4.78, 5) is 13.0. The van der Waals surface area contributed by atoms with Crippen LogP contribution in [-0.2, 0) is 21.4 Å². The predicted octanol–water partition coefficient (Wildman–Crippen LogP) is 3.31. The smallest absolute Gasteiger partial charge is 0.243 e. The second-order valence-electron chi connectivity index (χ2n) is 7.80. The molecule has 1 fully saturated rings. The number of amides is 1. The Kier molecular flexibility index (Phi) is 6.02. The number of aromatic nitrogens is 1. The van der Waals surface area contributed by atoms with E-state index in [0.717, 1.165) is 35.1 Å². The summed E-state index contributed by atoms with van der Waals surface area (Å²) in [5.41, 5.74) is 1.78. The third-order valence-electron chi connectivity index (χ3n) is 5.79. The van der Waals surface area contributed by atoms with Gasteiger partial charge in [-0.05, 0) is 61.7 Å². The molecule has 2 heterocycles. The molecule has 0 radical (unpaired) electrons. The van der Waals surface area contributed by atoms with Crippen molar-refractivity contribution in [2.24, 2.45) is 0 Å². The SMILES string of the molecule is COc1cccc(CNC(=O)[C@@H](C)n2ccc3cc(S(=O)(=O)N4CCCC4)ccc32)c1. The number of rotatable bonds is 7. The van der Waals surface area contributed by atoms with Crippen molar-refractivity contribution < 1.29 is 17.9 Å². The highest BCUT2D eigenvalue weighted by Gasteiger charge is 2.27. The van der Waals surface area contributed by atoms with Crippen LogP contribution in [0.15, 0.2) is 59.6 Å². The summed E-state index contributed by atoms with van der Waals surface area (Å²) >= 11 is 0. The molecule has 1 atom stereocenters. The lowest BCUT2D eigenvalue weighted by atomic mass is 10.2. The number of carbonyl (C=O) groups excluding carboxylic acids is 1. The molecule has 1 aliphatic heterocycles. The minimum Gasteiger partial charge on any atom is -0.497 e. The van der Waals surface area contributed by atoms with E-state index >= 15 is 0 Å². The van der Waals surface area contributed by atoms with Gasteiger partial charge in [0, 0.05) is 36.7 Å². The van der Waals surface area contributed by atoms with Crippen LogP contribution in [0, 0.1) is 0 Å². The van der Waals surface area contributed by atoms with Gasteiger partial charge < -0.3 is 14.6 Å². The van der Waals surface area contributed by atoms with Crippen LogP contribution in [0.1, 0.15) is 31.4 Å². The molecule has 7 nitrogen and oxygen atoms in total. The number of benzene rings is 2. The minimum atomic E-state index is -3.47. The molecule has 1 aliphatic rings. The van der Waals surface area contributed by atoms with E-state index in [9.17, 15) is 13.2 Å². The molecule has 31 heavy (non-hydrogen) atoms. The summed E-state index contributed by atoms with van der Waals surface area (Å²) in [5.74, 6) is 0.630. The first kappa shape index (κ1) is 21.4. The molecule has 164 valence electrons. The maximum Gasteiger partial charge on any atom is 0.243 e. The first-order chi connectivity index (χ1) is 14.9. The van der Waals surface area contributed by atoms with E-state index in [4.69, 9.17) is 4.74 Å². The number of methoxy groups -OCH3 is 1.